The lowest BCUT2D eigenvalue weighted by Gasteiger charge is -2.07. The average molecular weight is 444 g/mol. The summed E-state index contributed by atoms with van der Waals surface area (Å²) in [6, 6.07) is 15.4. The molecule has 0 saturated heterocycles. The predicted octanol–water partition coefficient (Wildman–Crippen LogP) is 5.76. The summed E-state index contributed by atoms with van der Waals surface area (Å²) in [6.07, 6.45) is 0.908. The van der Waals surface area contributed by atoms with Gasteiger partial charge in [0.05, 0.1) is 10.6 Å². The molecule has 0 saturated carbocycles. The number of halogens is 1. The van der Waals surface area contributed by atoms with Crippen molar-refractivity contribution in [3.8, 4) is 10.4 Å². The summed E-state index contributed by atoms with van der Waals surface area (Å²) in [5, 5.41) is 14.1. The van der Waals surface area contributed by atoms with Crippen LogP contribution in [-0.4, -0.2) is 17.0 Å². The highest BCUT2D eigenvalue weighted by Crippen LogP contribution is 2.36. The molecule has 0 bridgehead atoms. The normalized spacial score (nSPS) is 10.6. The van der Waals surface area contributed by atoms with Gasteiger partial charge < -0.3 is 10.4 Å². The standard InChI is InChI=1S/C21H18BrNO3S/c1-13-3-2-4-14(11-13)5-10-18(24)23-17-12-27-20(19(17)21(25)26)15-6-8-16(22)9-7-15/h2-4,6-9,11-12H,5,10H2,1H3,(H,23,24)(H,25,26). The molecule has 138 valence electrons. The van der Waals surface area contributed by atoms with E-state index in [4.69, 9.17) is 0 Å². The monoisotopic (exact) mass is 443 g/mol. The Labute approximate surface area is 170 Å². The molecule has 4 nitrogen and oxygen atoms in total. The van der Waals surface area contributed by atoms with Gasteiger partial charge in [0.1, 0.15) is 5.56 Å². The highest BCUT2D eigenvalue weighted by Gasteiger charge is 2.21. The van der Waals surface area contributed by atoms with Crippen molar-refractivity contribution in [3.05, 3.63) is 75.1 Å². The Morgan fingerprint density at radius 3 is 2.56 bits per heavy atom. The molecule has 0 fully saturated rings. The molecule has 0 aliphatic heterocycles. The van der Waals surface area contributed by atoms with Gasteiger partial charge in [-0.25, -0.2) is 4.79 Å². The summed E-state index contributed by atoms with van der Waals surface area (Å²) < 4.78 is 0.921. The first-order chi connectivity index (χ1) is 12.9. The maximum absolute atomic E-state index is 12.3. The third kappa shape index (κ3) is 4.84. The number of hydrogen-bond acceptors (Lipinski definition) is 3. The highest BCUT2D eigenvalue weighted by atomic mass is 79.9. The number of anilines is 1. The zero-order valence-electron chi connectivity index (χ0n) is 14.7. The van der Waals surface area contributed by atoms with E-state index in [9.17, 15) is 14.7 Å². The van der Waals surface area contributed by atoms with Crippen LogP contribution in [0.2, 0.25) is 0 Å². The van der Waals surface area contributed by atoms with E-state index >= 15 is 0 Å². The zero-order chi connectivity index (χ0) is 19.4. The van der Waals surface area contributed by atoms with E-state index in [-0.39, 0.29) is 11.5 Å². The van der Waals surface area contributed by atoms with Crippen molar-refractivity contribution in [1.29, 1.82) is 0 Å². The smallest absolute Gasteiger partial charge is 0.339 e. The van der Waals surface area contributed by atoms with E-state index < -0.39 is 5.97 Å². The number of carboxylic acids is 1. The molecule has 1 amide bonds. The molecule has 2 aromatic carbocycles. The van der Waals surface area contributed by atoms with Gasteiger partial charge in [0.2, 0.25) is 5.91 Å². The van der Waals surface area contributed by atoms with Gasteiger partial charge in [-0.15, -0.1) is 11.3 Å². The van der Waals surface area contributed by atoms with Crippen LogP contribution in [0.5, 0.6) is 0 Å². The van der Waals surface area contributed by atoms with Crippen molar-refractivity contribution in [2.45, 2.75) is 19.8 Å². The first-order valence-corrected chi connectivity index (χ1v) is 10.1. The van der Waals surface area contributed by atoms with Crippen molar-refractivity contribution in [3.63, 3.8) is 0 Å². The molecule has 6 heteroatoms. The number of carboxylic acid groups (broad SMARTS) is 1. The van der Waals surface area contributed by atoms with Gasteiger partial charge in [-0.1, -0.05) is 57.9 Å². The summed E-state index contributed by atoms with van der Waals surface area (Å²) in [5.41, 5.74) is 3.52. The van der Waals surface area contributed by atoms with Gasteiger partial charge in [-0.2, -0.15) is 0 Å². The lowest BCUT2D eigenvalue weighted by atomic mass is 10.1. The molecule has 0 spiro atoms. The lowest BCUT2D eigenvalue weighted by Crippen LogP contribution is -2.14. The van der Waals surface area contributed by atoms with Crippen molar-refractivity contribution in [2.75, 3.05) is 5.32 Å². The molecule has 1 aromatic heterocycles. The molecule has 0 unspecified atom stereocenters. The van der Waals surface area contributed by atoms with E-state index in [0.717, 1.165) is 21.2 Å². The lowest BCUT2D eigenvalue weighted by molar-refractivity contribution is -0.116. The van der Waals surface area contributed by atoms with E-state index in [1.807, 2.05) is 55.5 Å². The molecule has 0 aliphatic carbocycles. The SMILES string of the molecule is Cc1cccc(CCC(=O)Nc2csc(-c3ccc(Br)cc3)c2C(=O)O)c1. The van der Waals surface area contributed by atoms with Crippen LogP contribution in [0.3, 0.4) is 0 Å². The Morgan fingerprint density at radius 2 is 1.89 bits per heavy atom. The maximum Gasteiger partial charge on any atom is 0.339 e. The molecule has 3 aromatic rings. The Balaban J connectivity index is 1.75. The molecule has 27 heavy (non-hydrogen) atoms. The Morgan fingerprint density at radius 1 is 1.15 bits per heavy atom. The second-order valence-corrected chi connectivity index (χ2v) is 8.00. The molecule has 0 radical (unpaired) electrons. The van der Waals surface area contributed by atoms with Crippen LogP contribution < -0.4 is 5.32 Å². The second-order valence-electron chi connectivity index (χ2n) is 6.20. The number of hydrogen-bond donors (Lipinski definition) is 2. The number of aromatic carboxylic acids is 1. The predicted molar refractivity (Wildman–Crippen MR) is 113 cm³/mol. The van der Waals surface area contributed by atoms with Crippen LogP contribution in [0.4, 0.5) is 5.69 Å². The summed E-state index contributed by atoms with van der Waals surface area (Å²) in [7, 11) is 0. The first kappa shape index (κ1) is 19.3. The number of carbonyl (C=O) groups excluding carboxylic acids is 1. The van der Waals surface area contributed by atoms with Crippen molar-refractivity contribution >= 4 is 44.8 Å². The van der Waals surface area contributed by atoms with Crippen molar-refractivity contribution in [2.24, 2.45) is 0 Å². The fourth-order valence-electron chi connectivity index (χ4n) is 2.81. The van der Waals surface area contributed by atoms with Crippen LogP contribution in [-0.2, 0) is 11.2 Å². The number of thiophene rings is 1. The fourth-order valence-corrected chi connectivity index (χ4v) is 4.08. The third-order valence-electron chi connectivity index (χ3n) is 4.11. The summed E-state index contributed by atoms with van der Waals surface area (Å²) in [6.45, 7) is 2.01. The highest BCUT2D eigenvalue weighted by molar-refractivity contribution is 9.10. The number of carbonyl (C=O) groups is 2. The summed E-state index contributed by atoms with van der Waals surface area (Å²) >= 11 is 4.69. The van der Waals surface area contributed by atoms with Crippen molar-refractivity contribution < 1.29 is 14.7 Å². The van der Waals surface area contributed by atoms with Gasteiger partial charge in [0.25, 0.3) is 0 Å². The zero-order valence-corrected chi connectivity index (χ0v) is 17.1. The largest absolute Gasteiger partial charge is 0.478 e. The molecule has 2 N–H and O–H groups in total. The number of rotatable bonds is 6. The Kier molecular flexibility index (Phi) is 6.08. The third-order valence-corrected chi connectivity index (χ3v) is 5.67. The summed E-state index contributed by atoms with van der Waals surface area (Å²) in [5.74, 6) is -1.25. The average Bonchev–Trinajstić information content (AvgIpc) is 3.04. The number of benzene rings is 2. The molecule has 0 aliphatic rings. The second kappa shape index (κ2) is 8.50. The molecule has 1 heterocycles. The quantitative estimate of drug-likeness (QED) is 0.509. The van der Waals surface area contributed by atoms with E-state index in [2.05, 4.69) is 21.2 Å². The molecular weight excluding hydrogens is 426 g/mol. The number of aryl methyl sites for hydroxylation is 2. The van der Waals surface area contributed by atoms with Crippen molar-refractivity contribution in [1.82, 2.24) is 0 Å². The molecule has 3 rings (SSSR count). The van der Waals surface area contributed by atoms with Gasteiger partial charge in [0, 0.05) is 16.3 Å². The fraction of sp³-hybridized carbons (Fsp3) is 0.143. The Hall–Kier alpha value is -2.44. The van der Waals surface area contributed by atoms with Gasteiger partial charge in [-0.05, 0) is 36.6 Å². The van der Waals surface area contributed by atoms with Crippen LogP contribution in [0.1, 0.15) is 27.9 Å². The number of nitrogens with one attached hydrogen (secondary N) is 1. The minimum Gasteiger partial charge on any atom is -0.478 e. The van der Waals surface area contributed by atoms with E-state index in [1.54, 1.807) is 5.38 Å². The Bertz CT molecular complexity index is 979. The van der Waals surface area contributed by atoms with Crippen LogP contribution >= 0.6 is 27.3 Å². The minimum absolute atomic E-state index is 0.131. The maximum atomic E-state index is 12.3. The summed E-state index contributed by atoms with van der Waals surface area (Å²) in [4.78, 5) is 24.7. The van der Waals surface area contributed by atoms with Crippen LogP contribution in [0.25, 0.3) is 10.4 Å². The van der Waals surface area contributed by atoms with Gasteiger partial charge >= 0.3 is 5.97 Å². The van der Waals surface area contributed by atoms with Gasteiger partial charge in [-0.3, -0.25) is 4.79 Å². The van der Waals surface area contributed by atoms with Gasteiger partial charge in [0.15, 0.2) is 0 Å². The molecule has 0 atom stereocenters. The topological polar surface area (TPSA) is 66.4 Å². The van der Waals surface area contributed by atoms with E-state index in [0.29, 0.717) is 23.4 Å². The minimum atomic E-state index is -1.05. The van der Waals surface area contributed by atoms with Crippen LogP contribution in [0.15, 0.2) is 58.4 Å². The van der Waals surface area contributed by atoms with E-state index in [1.165, 1.54) is 11.3 Å². The van der Waals surface area contributed by atoms with Crippen LogP contribution in [0, 0.1) is 6.92 Å². The number of amides is 1. The first-order valence-electron chi connectivity index (χ1n) is 8.40. The molecular formula is C21H18BrNO3S.